The second kappa shape index (κ2) is 8.01. The molecule has 0 fully saturated rings. The first-order valence-corrected chi connectivity index (χ1v) is 9.47. The summed E-state index contributed by atoms with van der Waals surface area (Å²) in [6.07, 6.45) is 5.43. The predicted molar refractivity (Wildman–Crippen MR) is 118 cm³/mol. The summed E-state index contributed by atoms with van der Waals surface area (Å²) < 4.78 is 5.87. The van der Waals surface area contributed by atoms with Gasteiger partial charge in [-0.15, -0.1) is 0 Å². The first kappa shape index (κ1) is 18.5. The van der Waals surface area contributed by atoms with E-state index >= 15 is 0 Å². The molecule has 0 aliphatic rings. The Morgan fingerprint density at radius 2 is 1.89 bits per heavy atom. The summed E-state index contributed by atoms with van der Waals surface area (Å²) in [5.41, 5.74) is 5.31. The number of aryl methyl sites for hydroxylation is 1. The van der Waals surface area contributed by atoms with Crippen molar-refractivity contribution in [3.05, 3.63) is 87.9 Å². The number of halogens is 2. The van der Waals surface area contributed by atoms with Crippen LogP contribution in [0.1, 0.15) is 11.1 Å². The van der Waals surface area contributed by atoms with Gasteiger partial charge in [0.05, 0.1) is 5.69 Å². The van der Waals surface area contributed by atoms with Gasteiger partial charge in [-0.1, -0.05) is 53.0 Å². The molecule has 0 bridgehead atoms. The van der Waals surface area contributed by atoms with Crippen molar-refractivity contribution < 1.29 is 4.42 Å². The molecule has 4 rings (SSSR count). The Morgan fingerprint density at radius 1 is 1.00 bits per heavy atom. The molecule has 5 heteroatoms. The summed E-state index contributed by atoms with van der Waals surface area (Å²) in [5, 5.41) is 1.21. The first-order valence-electron chi connectivity index (χ1n) is 8.72. The van der Waals surface area contributed by atoms with Crippen molar-refractivity contribution in [1.82, 2.24) is 4.98 Å². The van der Waals surface area contributed by atoms with Crippen molar-refractivity contribution in [1.29, 1.82) is 0 Å². The molecule has 1 aromatic heterocycles. The maximum absolute atomic E-state index is 6.15. The van der Waals surface area contributed by atoms with Crippen LogP contribution in [0.3, 0.4) is 0 Å². The van der Waals surface area contributed by atoms with E-state index in [1.54, 1.807) is 18.3 Å². The highest BCUT2D eigenvalue weighted by atomic mass is 35.5. The van der Waals surface area contributed by atoms with Crippen LogP contribution >= 0.6 is 23.2 Å². The third-order valence-electron chi connectivity index (χ3n) is 4.18. The molecule has 0 radical (unpaired) electrons. The summed E-state index contributed by atoms with van der Waals surface area (Å²) in [6, 6.07) is 19.1. The maximum atomic E-state index is 6.15. The lowest BCUT2D eigenvalue weighted by Gasteiger charge is -1.97. The number of aromatic nitrogens is 1. The first-order chi connectivity index (χ1) is 13.6. The number of fused-ring (bicyclic) bond motifs is 1. The zero-order chi connectivity index (χ0) is 19.5. The number of rotatable bonds is 4. The van der Waals surface area contributed by atoms with E-state index in [0.29, 0.717) is 15.9 Å². The highest BCUT2D eigenvalue weighted by Crippen LogP contribution is 2.27. The lowest BCUT2D eigenvalue weighted by molar-refractivity contribution is 0.620. The molecule has 1 heterocycles. The fourth-order valence-corrected chi connectivity index (χ4v) is 3.28. The average molecular weight is 407 g/mol. The zero-order valence-corrected chi connectivity index (χ0v) is 16.6. The van der Waals surface area contributed by atoms with Gasteiger partial charge >= 0.3 is 0 Å². The van der Waals surface area contributed by atoms with Gasteiger partial charge in [0, 0.05) is 21.8 Å². The van der Waals surface area contributed by atoms with Crippen LogP contribution in [0.4, 0.5) is 5.69 Å². The van der Waals surface area contributed by atoms with E-state index < -0.39 is 0 Å². The number of hydrogen-bond donors (Lipinski definition) is 0. The fourth-order valence-electron chi connectivity index (χ4n) is 2.81. The molecule has 0 N–H and O–H groups in total. The van der Waals surface area contributed by atoms with Crippen LogP contribution in [0.2, 0.25) is 10.0 Å². The SMILES string of the molecule is Cc1cccc(-c2nc3cc(N=CC=Cc4ccc(Cl)cc4Cl)ccc3o2)c1. The van der Waals surface area contributed by atoms with Gasteiger partial charge in [-0.25, -0.2) is 4.98 Å². The van der Waals surface area contributed by atoms with E-state index in [1.165, 1.54) is 0 Å². The molecule has 0 unspecified atom stereocenters. The van der Waals surface area contributed by atoms with Crippen molar-refractivity contribution >= 4 is 52.3 Å². The Kier molecular flexibility index (Phi) is 5.29. The van der Waals surface area contributed by atoms with E-state index in [0.717, 1.165) is 33.5 Å². The number of nitrogens with zero attached hydrogens (tertiary/aromatic N) is 2. The summed E-state index contributed by atoms with van der Waals surface area (Å²) in [6.45, 7) is 2.05. The van der Waals surface area contributed by atoms with E-state index in [1.807, 2.05) is 61.5 Å². The van der Waals surface area contributed by atoms with Crippen molar-refractivity contribution in [2.24, 2.45) is 4.99 Å². The standard InChI is InChI=1S/C23H16Cl2N2O/c1-15-4-2-5-17(12-15)23-27-21-14-19(9-10-22(21)28-23)26-11-3-6-16-7-8-18(24)13-20(16)25/h2-14H,1H3. The van der Waals surface area contributed by atoms with Gasteiger partial charge < -0.3 is 4.42 Å². The normalized spacial score (nSPS) is 11.8. The largest absolute Gasteiger partial charge is 0.436 e. The average Bonchev–Trinajstić information content (AvgIpc) is 3.10. The van der Waals surface area contributed by atoms with Crippen molar-refractivity contribution in [3.8, 4) is 11.5 Å². The number of benzene rings is 3. The van der Waals surface area contributed by atoms with Gasteiger partial charge in [0.15, 0.2) is 5.58 Å². The van der Waals surface area contributed by atoms with Crippen LogP contribution in [0.15, 0.2) is 76.1 Å². The van der Waals surface area contributed by atoms with Gasteiger partial charge in [-0.3, -0.25) is 4.99 Å². The molecule has 0 saturated carbocycles. The smallest absolute Gasteiger partial charge is 0.227 e. The maximum Gasteiger partial charge on any atom is 0.227 e. The molecule has 0 amide bonds. The topological polar surface area (TPSA) is 38.4 Å². The van der Waals surface area contributed by atoms with E-state index in [2.05, 4.69) is 16.0 Å². The van der Waals surface area contributed by atoms with Crippen LogP contribution in [0.5, 0.6) is 0 Å². The van der Waals surface area contributed by atoms with Gasteiger partial charge in [0.2, 0.25) is 5.89 Å². The Bertz CT molecular complexity index is 1210. The number of aliphatic imine (C=N–C) groups is 1. The van der Waals surface area contributed by atoms with Gasteiger partial charge in [-0.05, 0) is 61.0 Å². The predicted octanol–water partition coefficient (Wildman–Crippen LogP) is 7.53. The lowest BCUT2D eigenvalue weighted by Crippen LogP contribution is -1.78. The molecular formula is C23H16Cl2N2O. The van der Waals surface area contributed by atoms with Crippen molar-refractivity contribution in [2.45, 2.75) is 6.92 Å². The Hall–Kier alpha value is -2.88. The van der Waals surface area contributed by atoms with Crippen molar-refractivity contribution in [3.63, 3.8) is 0 Å². The third kappa shape index (κ3) is 4.16. The Balaban J connectivity index is 1.54. The molecule has 0 atom stereocenters. The monoisotopic (exact) mass is 406 g/mol. The van der Waals surface area contributed by atoms with E-state index in [-0.39, 0.29) is 0 Å². The minimum absolute atomic E-state index is 0.602. The van der Waals surface area contributed by atoms with Gasteiger partial charge in [0.1, 0.15) is 5.52 Å². The van der Waals surface area contributed by atoms with Crippen LogP contribution in [0.25, 0.3) is 28.6 Å². The van der Waals surface area contributed by atoms with Crippen molar-refractivity contribution in [2.75, 3.05) is 0 Å². The molecule has 28 heavy (non-hydrogen) atoms. The summed E-state index contributed by atoms with van der Waals surface area (Å²) in [5.74, 6) is 0.608. The molecule has 0 spiro atoms. The Morgan fingerprint density at radius 3 is 2.71 bits per heavy atom. The molecule has 138 valence electrons. The fraction of sp³-hybridized carbons (Fsp3) is 0.0435. The number of hydrogen-bond acceptors (Lipinski definition) is 3. The van der Waals surface area contributed by atoms with Crippen LogP contribution in [0, 0.1) is 6.92 Å². The number of oxazole rings is 1. The summed E-state index contributed by atoms with van der Waals surface area (Å²) in [7, 11) is 0. The molecule has 0 aliphatic heterocycles. The van der Waals surface area contributed by atoms with E-state index in [9.17, 15) is 0 Å². The van der Waals surface area contributed by atoms with Crippen LogP contribution in [-0.4, -0.2) is 11.2 Å². The summed E-state index contributed by atoms with van der Waals surface area (Å²) in [4.78, 5) is 9.04. The molecule has 4 aromatic rings. The Labute approximate surface area is 173 Å². The minimum Gasteiger partial charge on any atom is -0.436 e. The quantitative estimate of drug-likeness (QED) is 0.328. The zero-order valence-electron chi connectivity index (χ0n) is 15.1. The molecule has 3 aromatic carbocycles. The molecule has 3 nitrogen and oxygen atoms in total. The molecule has 0 aliphatic carbocycles. The molecular weight excluding hydrogens is 391 g/mol. The molecule has 0 saturated heterocycles. The minimum atomic E-state index is 0.602. The van der Waals surface area contributed by atoms with Gasteiger partial charge in [-0.2, -0.15) is 0 Å². The second-order valence-electron chi connectivity index (χ2n) is 6.34. The van der Waals surface area contributed by atoms with Gasteiger partial charge in [0.25, 0.3) is 0 Å². The summed E-state index contributed by atoms with van der Waals surface area (Å²) >= 11 is 12.1. The van der Waals surface area contributed by atoms with Crippen LogP contribution in [-0.2, 0) is 0 Å². The highest BCUT2D eigenvalue weighted by molar-refractivity contribution is 6.35. The second-order valence-corrected chi connectivity index (χ2v) is 7.19. The number of allylic oxidation sites excluding steroid dienone is 1. The highest BCUT2D eigenvalue weighted by Gasteiger charge is 2.08. The van der Waals surface area contributed by atoms with E-state index in [4.69, 9.17) is 27.6 Å². The van der Waals surface area contributed by atoms with Crippen LogP contribution < -0.4 is 0 Å². The lowest BCUT2D eigenvalue weighted by atomic mass is 10.1. The third-order valence-corrected chi connectivity index (χ3v) is 4.75.